The van der Waals surface area contributed by atoms with Gasteiger partial charge in [-0.15, -0.1) is 0 Å². The lowest BCUT2D eigenvalue weighted by molar-refractivity contribution is 0.790. The molecule has 0 aromatic carbocycles. The van der Waals surface area contributed by atoms with Crippen LogP contribution in [0.25, 0.3) is 0 Å². The molecule has 2 rings (SSSR count). The summed E-state index contributed by atoms with van der Waals surface area (Å²) in [5.74, 6) is -0.0199. The largest absolute Gasteiger partial charge is 0.382 e. The first-order valence-electron chi connectivity index (χ1n) is 4.62. The first-order chi connectivity index (χ1) is 7.66. The summed E-state index contributed by atoms with van der Waals surface area (Å²) in [5, 5.41) is 8.13. The quantitative estimate of drug-likeness (QED) is 0.617. The van der Waals surface area contributed by atoms with Gasteiger partial charge in [0, 0.05) is 30.5 Å². The molecule has 3 N–H and O–H groups in total. The highest BCUT2D eigenvalue weighted by molar-refractivity contribution is 7.99. The summed E-state index contributed by atoms with van der Waals surface area (Å²) in [4.78, 5) is 9.25. The summed E-state index contributed by atoms with van der Waals surface area (Å²) in [6.45, 7) is 0. The summed E-state index contributed by atoms with van der Waals surface area (Å²) in [6.07, 6.45) is 5.33. The number of nitrogens with one attached hydrogen (secondary N) is 1. The van der Waals surface area contributed by atoms with Crippen molar-refractivity contribution < 1.29 is 0 Å². The molecule has 0 spiro atoms. The summed E-state index contributed by atoms with van der Waals surface area (Å²) in [5.41, 5.74) is 5.81. The van der Waals surface area contributed by atoms with Gasteiger partial charge < -0.3 is 10.3 Å². The van der Waals surface area contributed by atoms with E-state index in [2.05, 4.69) is 9.97 Å². The van der Waals surface area contributed by atoms with Crippen LogP contribution in [0.5, 0.6) is 0 Å². The minimum atomic E-state index is -0.0199. The smallest absolute Gasteiger partial charge is 0.172 e. The van der Waals surface area contributed by atoms with E-state index < -0.39 is 0 Å². The van der Waals surface area contributed by atoms with E-state index in [1.807, 2.05) is 23.9 Å². The Morgan fingerprint density at radius 1 is 1.44 bits per heavy atom. The molecule has 0 unspecified atom stereocenters. The molecule has 0 amide bonds. The molecule has 82 valence electrons. The van der Waals surface area contributed by atoms with Crippen molar-refractivity contribution in [3.8, 4) is 0 Å². The molecule has 16 heavy (non-hydrogen) atoms. The van der Waals surface area contributed by atoms with E-state index in [1.165, 1.54) is 11.8 Å². The first-order valence-corrected chi connectivity index (χ1v) is 5.44. The predicted octanol–water partition coefficient (Wildman–Crippen LogP) is 1.25. The Labute approximate surface area is 97.2 Å². The van der Waals surface area contributed by atoms with Crippen molar-refractivity contribution in [3.05, 3.63) is 36.4 Å². The number of nitrogen functional groups attached to an aromatic ring is 1. The Morgan fingerprint density at radius 2 is 2.25 bits per heavy atom. The third-order valence-electron chi connectivity index (χ3n) is 2.00. The third kappa shape index (κ3) is 2.22. The first kappa shape index (κ1) is 10.7. The number of amidine groups is 1. The van der Waals surface area contributed by atoms with Crippen LogP contribution in [0.4, 0.5) is 0 Å². The van der Waals surface area contributed by atoms with Crippen LogP contribution in [-0.2, 0) is 7.05 Å². The van der Waals surface area contributed by atoms with Crippen molar-refractivity contribution in [3.63, 3.8) is 0 Å². The Bertz CT molecular complexity index is 502. The van der Waals surface area contributed by atoms with Crippen LogP contribution in [0.3, 0.4) is 0 Å². The van der Waals surface area contributed by atoms with Gasteiger partial charge in [0.2, 0.25) is 0 Å². The molecule has 0 aliphatic rings. The van der Waals surface area contributed by atoms with Crippen LogP contribution in [0, 0.1) is 5.41 Å². The molecule has 2 aromatic rings. The monoisotopic (exact) mass is 233 g/mol. The standard InChI is InChI=1S/C10H11N5S/c1-15-5-4-13-10(15)16-7-2-3-8(9(11)12)14-6-7/h2-6H,1H3,(H3,11,12). The molecule has 0 fully saturated rings. The minimum Gasteiger partial charge on any atom is -0.382 e. The molecule has 0 aliphatic carbocycles. The molecular formula is C10H11N5S. The van der Waals surface area contributed by atoms with E-state index in [1.54, 1.807) is 18.5 Å². The Kier molecular flexibility index (Phi) is 2.91. The molecular weight excluding hydrogens is 222 g/mol. The molecule has 0 bridgehead atoms. The van der Waals surface area contributed by atoms with Gasteiger partial charge in [0.25, 0.3) is 0 Å². The highest BCUT2D eigenvalue weighted by atomic mass is 32.2. The van der Waals surface area contributed by atoms with Crippen molar-refractivity contribution in [1.29, 1.82) is 5.41 Å². The maximum Gasteiger partial charge on any atom is 0.172 e. The van der Waals surface area contributed by atoms with E-state index in [0.29, 0.717) is 5.69 Å². The molecule has 5 nitrogen and oxygen atoms in total. The van der Waals surface area contributed by atoms with Crippen LogP contribution in [0.2, 0.25) is 0 Å². The fourth-order valence-corrected chi connectivity index (χ4v) is 1.93. The zero-order valence-corrected chi connectivity index (χ0v) is 9.53. The van der Waals surface area contributed by atoms with E-state index in [9.17, 15) is 0 Å². The van der Waals surface area contributed by atoms with Crippen molar-refractivity contribution in [2.24, 2.45) is 12.8 Å². The number of hydrogen-bond acceptors (Lipinski definition) is 4. The SMILES string of the molecule is Cn1ccnc1Sc1ccc(C(=N)N)nc1. The predicted molar refractivity (Wildman–Crippen MR) is 62.6 cm³/mol. The van der Waals surface area contributed by atoms with Crippen LogP contribution in [0.15, 0.2) is 40.8 Å². The Morgan fingerprint density at radius 3 is 2.75 bits per heavy atom. The second-order valence-electron chi connectivity index (χ2n) is 3.22. The van der Waals surface area contributed by atoms with E-state index in [-0.39, 0.29) is 5.84 Å². The Balaban J connectivity index is 2.17. The van der Waals surface area contributed by atoms with Gasteiger partial charge in [0.05, 0.1) is 0 Å². The minimum absolute atomic E-state index is 0.0199. The molecule has 0 saturated carbocycles. The zero-order valence-electron chi connectivity index (χ0n) is 8.71. The van der Waals surface area contributed by atoms with Gasteiger partial charge in [-0.25, -0.2) is 4.98 Å². The van der Waals surface area contributed by atoms with Gasteiger partial charge in [-0.05, 0) is 12.1 Å². The number of nitrogens with two attached hydrogens (primary N) is 1. The van der Waals surface area contributed by atoms with Crippen LogP contribution < -0.4 is 5.73 Å². The van der Waals surface area contributed by atoms with Gasteiger partial charge in [-0.2, -0.15) is 0 Å². The van der Waals surface area contributed by atoms with E-state index in [0.717, 1.165) is 10.1 Å². The van der Waals surface area contributed by atoms with Gasteiger partial charge in [-0.3, -0.25) is 10.4 Å². The van der Waals surface area contributed by atoms with Crippen LogP contribution in [0.1, 0.15) is 5.69 Å². The number of aromatic nitrogens is 3. The van der Waals surface area contributed by atoms with Gasteiger partial charge in [0.15, 0.2) is 5.16 Å². The number of hydrogen-bond donors (Lipinski definition) is 2. The zero-order chi connectivity index (χ0) is 11.5. The second-order valence-corrected chi connectivity index (χ2v) is 4.26. The average molecular weight is 233 g/mol. The van der Waals surface area contributed by atoms with Crippen LogP contribution >= 0.6 is 11.8 Å². The fourth-order valence-electron chi connectivity index (χ4n) is 1.16. The molecule has 0 radical (unpaired) electrons. The lowest BCUT2D eigenvalue weighted by Crippen LogP contribution is -2.12. The molecule has 0 atom stereocenters. The molecule has 2 aromatic heterocycles. The summed E-state index contributed by atoms with van der Waals surface area (Å²) >= 11 is 1.52. The normalized spacial score (nSPS) is 10.3. The summed E-state index contributed by atoms with van der Waals surface area (Å²) in [6, 6.07) is 3.61. The lowest BCUT2D eigenvalue weighted by Gasteiger charge is -2.02. The van der Waals surface area contributed by atoms with Crippen molar-refractivity contribution in [2.45, 2.75) is 10.1 Å². The number of aryl methyl sites for hydroxylation is 1. The molecule has 0 aliphatic heterocycles. The molecule has 0 saturated heterocycles. The van der Waals surface area contributed by atoms with E-state index >= 15 is 0 Å². The van der Waals surface area contributed by atoms with Crippen molar-refractivity contribution in [2.75, 3.05) is 0 Å². The number of pyridine rings is 1. The fraction of sp³-hybridized carbons (Fsp3) is 0.100. The van der Waals surface area contributed by atoms with E-state index in [4.69, 9.17) is 11.1 Å². The topological polar surface area (TPSA) is 80.6 Å². The molecule has 6 heteroatoms. The number of rotatable bonds is 3. The maximum absolute atomic E-state index is 7.23. The summed E-state index contributed by atoms with van der Waals surface area (Å²) in [7, 11) is 1.94. The third-order valence-corrected chi connectivity index (χ3v) is 3.05. The lowest BCUT2D eigenvalue weighted by atomic mass is 10.3. The van der Waals surface area contributed by atoms with Crippen molar-refractivity contribution in [1.82, 2.24) is 14.5 Å². The number of nitrogens with zero attached hydrogens (tertiary/aromatic N) is 3. The van der Waals surface area contributed by atoms with Gasteiger partial charge >= 0.3 is 0 Å². The summed E-state index contributed by atoms with van der Waals surface area (Å²) < 4.78 is 1.93. The Hall–Kier alpha value is -1.82. The average Bonchev–Trinajstić information content (AvgIpc) is 2.65. The second kappa shape index (κ2) is 4.36. The highest BCUT2D eigenvalue weighted by Gasteiger charge is 2.03. The highest BCUT2D eigenvalue weighted by Crippen LogP contribution is 2.24. The maximum atomic E-state index is 7.23. The number of imidazole rings is 1. The van der Waals surface area contributed by atoms with Gasteiger partial charge in [0.1, 0.15) is 11.5 Å². The van der Waals surface area contributed by atoms with Crippen LogP contribution in [-0.4, -0.2) is 20.4 Å². The van der Waals surface area contributed by atoms with Crippen molar-refractivity contribution >= 4 is 17.6 Å². The van der Waals surface area contributed by atoms with Gasteiger partial charge in [-0.1, -0.05) is 11.8 Å². The molecule has 2 heterocycles.